The van der Waals surface area contributed by atoms with Gasteiger partial charge >= 0.3 is 23.7 Å². The zero-order valence-electron chi connectivity index (χ0n) is 19.4. The van der Waals surface area contributed by atoms with Gasteiger partial charge in [-0.05, 0) is 24.6 Å². The number of nitrogens with one attached hydrogen (secondary N) is 1. The summed E-state index contributed by atoms with van der Waals surface area (Å²) < 4.78 is 28.5. The number of carbonyl (C=O) groups is 4. The zero-order chi connectivity index (χ0) is 25.2. The van der Waals surface area contributed by atoms with Gasteiger partial charge in [0.05, 0.1) is 5.52 Å². The normalized spacial score (nSPS) is 24.3. The van der Waals surface area contributed by atoms with E-state index in [9.17, 15) is 24.0 Å². The van der Waals surface area contributed by atoms with E-state index in [2.05, 4.69) is 5.32 Å². The van der Waals surface area contributed by atoms with E-state index in [0.29, 0.717) is 5.52 Å². The predicted octanol–water partition coefficient (Wildman–Crippen LogP) is 0.732. The molecule has 5 atom stereocenters. The lowest BCUT2D eigenvalue weighted by Gasteiger charge is -2.45. The van der Waals surface area contributed by atoms with Gasteiger partial charge in [0.25, 0.3) is 0 Å². The number of oxazole rings is 1. The molecule has 1 N–H and O–H groups in total. The number of aromatic nitrogens is 1. The van der Waals surface area contributed by atoms with Crippen LogP contribution in [-0.2, 0) is 38.1 Å². The lowest BCUT2D eigenvalue weighted by atomic mass is 9.94. The molecule has 1 aromatic carbocycles. The number of esters is 3. The molecule has 0 aliphatic carbocycles. The average Bonchev–Trinajstić information content (AvgIpc) is 3.03. The molecule has 2 heterocycles. The Labute approximate surface area is 194 Å². The molecular weight excluding hydrogens is 452 g/mol. The van der Waals surface area contributed by atoms with Crippen molar-refractivity contribution in [1.29, 1.82) is 0 Å². The highest BCUT2D eigenvalue weighted by Gasteiger charge is 2.52. The molecule has 0 spiro atoms. The fourth-order valence-corrected chi connectivity index (χ4v) is 3.91. The number of rotatable bonds is 6. The molecular formula is C22H26N2O10. The van der Waals surface area contributed by atoms with Gasteiger partial charge in [0.2, 0.25) is 5.91 Å². The molecule has 0 bridgehead atoms. The largest absolute Gasteiger partial charge is 0.463 e. The quantitative estimate of drug-likeness (QED) is 0.464. The molecule has 1 aromatic heterocycles. The highest BCUT2D eigenvalue weighted by molar-refractivity contribution is 5.75. The Balaban J connectivity index is 2.19. The Bertz CT molecular complexity index is 1170. The summed E-state index contributed by atoms with van der Waals surface area (Å²) in [6.07, 6.45) is -4.96. The minimum atomic E-state index is -1.29. The minimum Gasteiger partial charge on any atom is -0.463 e. The first-order valence-corrected chi connectivity index (χ1v) is 10.5. The van der Waals surface area contributed by atoms with Crippen molar-refractivity contribution >= 4 is 34.9 Å². The highest BCUT2D eigenvalue weighted by atomic mass is 16.6. The number of nitrogens with zero attached hydrogens (tertiary/aromatic N) is 1. The van der Waals surface area contributed by atoms with E-state index >= 15 is 0 Å². The van der Waals surface area contributed by atoms with Crippen LogP contribution >= 0.6 is 0 Å². The Kier molecular flexibility index (Phi) is 7.40. The lowest BCUT2D eigenvalue weighted by Crippen LogP contribution is -2.64. The highest BCUT2D eigenvalue weighted by Crippen LogP contribution is 2.34. The van der Waals surface area contributed by atoms with Gasteiger partial charge in [-0.15, -0.1) is 0 Å². The molecule has 12 heteroatoms. The third-order valence-electron chi connectivity index (χ3n) is 5.11. The van der Waals surface area contributed by atoms with E-state index in [0.717, 1.165) is 19.4 Å². The van der Waals surface area contributed by atoms with E-state index in [1.54, 1.807) is 18.2 Å². The Morgan fingerprint density at radius 1 is 1.00 bits per heavy atom. The van der Waals surface area contributed by atoms with Gasteiger partial charge in [-0.3, -0.25) is 19.2 Å². The average molecular weight is 478 g/mol. The fraction of sp³-hybridized carbons (Fsp3) is 0.500. The first-order valence-electron chi connectivity index (χ1n) is 10.5. The maximum Gasteiger partial charge on any atom is 0.422 e. The summed E-state index contributed by atoms with van der Waals surface area (Å²) >= 11 is 0. The number of fused-ring (bicyclic) bond motifs is 1. The molecule has 0 radical (unpaired) electrons. The molecule has 12 nitrogen and oxygen atoms in total. The fourth-order valence-electron chi connectivity index (χ4n) is 3.91. The van der Waals surface area contributed by atoms with Crippen LogP contribution in [0.15, 0.2) is 27.4 Å². The number of carbonyl (C=O) groups excluding carboxylic acids is 4. The Morgan fingerprint density at radius 2 is 1.65 bits per heavy atom. The van der Waals surface area contributed by atoms with Crippen molar-refractivity contribution in [2.24, 2.45) is 0 Å². The summed E-state index contributed by atoms with van der Waals surface area (Å²) in [5.74, 6) is -3.39. The molecule has 2 aromatic rings. The zero-order valence-corrected chi connectivity index (χ0v) is 19.4. The monoisotopic (exact) mass is 478 g/mol. The first kappa shape index (κ1) is 25.0. The van der Waals surface area contributed by atoms with Crippen LogP contribution in [0, 0.1) is 6.92 Å². The van der Waals surface area contributed by atoms with Gasteiger partial charge in [0, 0.05) is 27.7 Å². The van der Waals surface area contributed by atoms with Crippen LogP contribution in [0.2, 0.25) is 0 Å². The second-order valence-electron chi connectivity index (χ2n) is 7.95. The summed E-state index contributed by atoms with van der Waals surface area (Å²) in [5, 5.41) is 2.63. The summed E-state index contributed by atoms with van der Waals surface area (Å²) in [6.45, 7) is 6.14. The molecule has 184 valence electrons. The lowest BCUT2D eigenvalue weighted by molar-refractivity contribution is -0.237. The van der Waals surface area contributed by atoms with Crippen molar-refractivity contribution in [3.63, 3.8) is 0 Å². The summed E-state index contributed by atoms with van der Waals surface area (Å²) in [5.41, 5.74) is 1.45. The van der Waals surface area contributed by atoms with E-state index in [-0.39, 0.29) is 12.2 Å². The van der Waals surface area contributed by atoms with Gasteiger partial charge < -0.3 is 28.7 Å². The van der Waals surface area contributed by atoms with Gasteiger partial charge in [-0.2, -0.15) is 0 Å². The van der Waals surface area contributed by atoms with Gasteiger partial charge in [-0.25, -0.2) is 9.36 Å². The number of hydrogen-bond acceptors (Lipinski definition) is 10. The molecule has 0 unspecified atom stereocenters. The second-order valence-corrected chi connectivity index (χ2v) is 7.95. The van der Waals surface area contributed by atoms with Gasteiger partial charge in [0.15, 0.2) is 24.0 Å². The molecule has 0 saturated carbocycles. The van der Waals surface area contributed by atoms with Crippen molar-refractivity contribution in [3.8, 4) is 0 Å². The summed E-state index contributed by atoms with van der Waals surface area (Å²) in [4.78, 5) is 60.2. The Hall–Kier alpha value is -3.67. The summed E-state index contributed by atoms with van der Waals surface area (Å²) in [6, 6.07) is 3.89. The Morgan fingerprint density at radius 3 is 2.24 bits per heavy atom. The maximum absolute atomic E-state index is 12.9. The molecule has 1 amide bonds. The molecule has 1 saturated heterocycles. The topological polar surface area (TPSA) is 152 Å². The van der Waals surface area contributed by atoms with Crippen LogP contribution in [0.5, 0.6) is 0 Å². The second kappa shape index (κ2) is 10.1. The van der Waals surface area contributed by atoms with Crippen molar-refractivity contribution < 1.29 is 42.5 Å². The van der Waals surface area contributed by atoms with Crippen molar-refractivity contribution in [3.05, 3.63) is 34.3 Å². The smallest absolute Gasteiger partial charge is 0.422 e. The number of benzene rings is 1. The SMILES string of the molecule is CC(=O)N[C@@H]1[C@H](OC(C)=O)[C@H](OC(C)=O)[C@H](COC(C)=O)O[C@@H]1n1c(=O)oc2ccc(C)cc21. The minimum absolute atomic E-state index is 0.267. The first-order chi connectivity index (χ1) is 16.0. The number of amides is 1. The van der Waals surface area contributed by atoms with E-state index in [4.69, 9.17) is 23.4 Å². The van der Waals surface area contributed by atoms with Gasteiger partial charge in [0.1, 0.15) is 18.8 Å². The van der Waals surface area contributed by atoms with Crippen molar-refractivity contribution in [1.82, 2.24) is 9.88 Å². The van der Waals surface area contributed by atoms with E-state index in [1.165, 1.54) is 18.4 Å². The van der Waals surface area contributed by atoms with Crippen LogP contribution < -0.4 is 11.1 Å². The van der Waals surface area contributed by atoms with Crippen molar-refractivity contribution in [2.75, 3.05) is 6.61 Å². The standard InChI is InChI=1S/C22H26N2O10/c1-10-6-7-16-15(8-10)24(22(29)34-16)21-18(23-11(2)25)20(32-14(5)28)19(31-13(4)27)17(33-21)9-30-12(3)26/h6-8,17-21H,9H2,1-5H3,(H,23,25)/t17-,18+,19+,20-,21-/m0/s1. The predicted molar refractivity (Wildman–Crippen MR) is 114 cm³/mol. The maximum atomic E-state index is 12.9. The van der Waals surface area contributed by atoms with Crippen molar-refractivity contribution in [2.45, 2.75) is 65.2 Å². The molecule has 3 rings (SSSR count). The van der Waals surface area contributed by atoms with Crippen LogP contribution in [-0.4, -0.2) is 59.3 Å². The van der Waals surface area contributed by atoms with Crippen LogP contribution in [0.1, 0.15) is 39.5 Å². The van der Waals surface area contributed by atoms with Crippen LogP contribution in [0.3, 0.4) is 0 Å². The number of aryl methyl sites for hydroxylation is 1. The molecule has 1 aliphatic rings. The third kappa shape index (κ3) is 5.45. The van der Waals surface area contributed by atoms with Crippen LogP contribution in [0.4, 0.5) is 0 Å². The van der Waals surface area contributed by atoms with E-state index in [1.807, 2.05) is 6.92 Å². The molecule has 34 heavy (non-hydrogen) atoms. The number of hydrogen-bond donors (Lipinski definition) is 1. The van der Waals surface area contributed by atoms with Crippen LogP contribution in [0.25, 0.3) is 11.1 Å². The summed E-state index contributed by atoms with van der Waals surface area (Å²) in [7, 11) is 0. The molecule has 1 aliphatic heterocycles. The van der Waals surface area contributed by atoms with E-state index < -0.39 is 60.2 Å². The third-order valence-corrected chi connectivity index (χ3v) is 5.11. The van der Waals surface area contributed by atoms with Gasteiger partial charge in [-0.1, -0.05) is 6.07 Å². The molecule has 1 fully saturated rings. The number of ether oxygens (including phenoxy) is 4.